The standard InChI is InChI=1S/C15H22FNO2/c1-11(17-13-4-3-8-19-9-7-13)12-5-6-15(18-2)14(16)10-12/h5-6,10-11,13,17H,3-4,7-9H2,1-2H3. The van der Waals surface area contributed by atoms with E-state index in [1.165, 1.54) is 7.11 Å². The fourth-order valence-corrected chi connectivity index (χ4v) is 2.47. The summed E-state index contributed by atoms with van der Waals surface area (Å²) in [5, 5.41) is 3.55. The highest BCUT2D eigenvalue weighted by molar-refractivity contribution is 5.30. The molecule has 1 fully saturated rings. The van der Waals surface area contributed by atoms with Crippen LogP contribution in [-0.4, -0.2) is 26.4 Å². The minimum absolute atomic E-state index is 0.128. The van der Waals surface area contributed by atoms with Gasteiger partial charge in [0.25, 0.3) is 0 Å². The van der Waals surface area contributed by atoms with Gasteiger partial charge in [-0.25, -0.2) is 4.39 Å². The minimum Gasteiger partial charge on any atom is -0.494 e. The van der Waals surface area contributed by atoms with Crippen LogP contribution in [0.1, 0.15) is 37.8 Å². The smallest absolute Gasteiger partial charge is 0.165 e. The number of halogens is 1. The van der Waals surface area contributed by atoms with Gasteiger partial charge in [0.2, 0.25) is 0 Å². The highest BCUT2D eigenvalue weighted by Crippen LogP contribution is 2.23. The topological polar surface area (TPSA) is 30.5 Å². The molecule has 106 valence electrons. The Morgan fingerprint density at radius 3 is 2.95 bits per heavy atom. The molecule has 4 heteroatoms. The lowest BCUT2D eigenvalue weighted by atomic mass is 10.0. The predicted molar refractivity (Wildman–Crippen MR) is 73.0 cm³/mol. The van der Waals surface area contributed by atoms with Gasteiger partial charge in [0.1, 0.15) is 0 Å². The predicted octanol–water partition coefficient (Wildman–Crippen LogP) is 3.05. The van der Waals surface area contributed by atoms with Crippen molar-refractivity contribution in [2.75, 3.05) is 20.3 Å². The first kappa shape index (κ1) is 14.3. The lowest BCUT2D eigenvalue weighted by molar-refractivity contribution is 0.142. The number of hydrogen-bond acceptors (Lipinski definition) is 3. The van der Waals surface area contributed by atoms with Gasteiger partial charge in [0.05, 0.1) is 7.11 Å². The quantitative estimate of drug-likeness (QED) is 0.909. The largest absolute Gasteiger partial charge is 0.494 e. The SMILES string of the molecule is COc1ccc(C(C)NC2CCCOCC2)cc1F. The van der Waals surface area contributed by atoms with Gasteiger partial charge in [-0.2, -0.15) is 0 Å². The third-order valence-electron chi connectivity index (χ3n) is 3.61. The second-order valence-corrected chi connectivity index (χ2v) is 5.02. The number of methoxy groups -OCH3 is 1. The van der Waals surface area contributed by atoms with E-state index < -0.39 is 0 Å². The van der Waals surface area contributed by atoms with Gasteiger partial charge in [-0.3, -0.25) is 0 Å². The van der Waals surface area contributed by atoms with Crippen LogP contribution in [0.3, 0.4) is 0 Å². The molecule has 2 unspecified atom stereocenters. The molecule has 0 aliphatic carbocycles. The first-order valence-corrected chi connectivity index (χ1v) is 6.88. The molecule has 0 amide bonds. The number of hydrogen-bond donors (Lipinski definition) is 1. The zero-order chi connectivity index (χ0) is 13.7. The molecule has 2 rings (SSSR count). The summed E-state index contributed by atoms with van der Waals surface area (Å²) in [7, 11) is 1.48. The molecule has 1 saturated heterocycles. The lowest BCUT2D eigenvalue weighted by Gasteiger charge is -2.22. The molecule has 0 spiro atoms. The van der Waals surface area contributed by atoms with E-state index in [-0.39, 0.29) is 11.9 Å². The molecule has 1 N–H and O–H groups in total. The molecule has 1 aromatic carbocycles. The Balaban J connectivity index is 1.98. The van der Waals surface area contributed by atoms with E-state index in [1.807, 2.05) is 6.07 Å². The van der Waals surface area contributed by atoms with E-state index in [1.54, 1.807) is 12.1 Å². The van der Waals surface area contributed by atoms with Crippen molar-refractivity contribution in [1.29, 1.82) is 0 Å². The second kappa shape index (κ2) is 6.87. The lowest BCUT2D eigenvalue weighted by Crippen LogP contribution is -2.31. The third-order valence-corrected chi connectivity index (χ3v) is 3.61. The number of nitrogens with one attached hydrogen (secondary N) is 1. The van der Waals surface area contributed by atoms with E-state index in [0.717, 1.165) is 38.0 Å². The first-order chi connectivity index (χ1) is 9.20. The molecule has 0 radical (unpaired) electrons. The first-order valence-electron chi connectivity index (χ1n) is 6.88. The summed E-state index contributed by atoms with van der Waals surface area (Å²) in [5.74, 6) is -0.0170. The molecular formula is C15H22FNO2. The van der Waals surface area contributed by atoms with Crippen LogP contribution in [0.15, 0.2) is 18.2 Å². The van der Waals surface area contributed by atoms with Crippen LogP contribution in [0.25, 0.3) is 0 Å². The molecule has 2 atom stereocenters. The molecule has 1 heterocycles. The van der Waals surface area contributed by atoms with Gasteiger partial charge in [0, 0.05) is 25.3 Å². The van der Waals surface area contributed by atoms with Crippen molar-refractivity contribution in [3.63, 3.8) is 0 Å². The molecule has 19 heavy (non-hydrogen) atoms. The Hall–Kier alpha value is -1.13. The zero-order valence-electron chi connectivity index (χ0n) is 11.6. The summed E-state index contributed by atoms with van der Waals surface area (Å²) in [6, 6.07) is 5.71. The summed E-state index contributed by atoms with van der Waals surface area (Å²) < 4.78 is 24.1. The monoisotopic (exact) mass is 267 g/mol. The summed E-state index contributed by atoms with van der Waals surface area (Å²) in [4.78, 5) is 0. The molecule has 0 aromatic heterocycles. The van der Waals surface area contributed by atoms with Gasteiger partial charge < -0.3 is 14.8 Å². The Morgan fingerprint density at radius 1 is 1.37 bits per heavy atom. The van der Waals surface area contributed by atoms with E-state index in [9.17, 15) is 4.39 Å². The Kier molecular flexibility index (Phi) is 5.16. The van der Waals surface area contributed by atoms with Gasteiger partial charge in [0.15, 0.2) is 11.6 Å². The average Bonchev–Trinajstić information content (AvgIpc) is 2.67. The van der Waals surface area contributed by atoms with E-state index in [0.29, 0.717) is 11.8 Å². The molecule has 3 nitrogen and oxygen atoms in total. The van der Waals surface area contributed by atoms with E-state index in [2.05, 4.69) is 12.2 Å². The summed E-state index contributed by atoms with van der Waals surface area (Å²) >= 11 is 0. The summed E-state index contributed by atoms with van der Waals surface area (Å²) in [5.41, 5.74) is 0.948. The van der Waals surface area contributed by atoms with Crippen molar-refractivity contribution in [2.45, 2.75) is 38.3 Å². The van der Waals surface area contributed by atoms with Crippen LogP contribution < -0.4 is 10.1 Å². The van der Waals surface area contributed by atoms with E-state index >= 15 is 0 Å². The second-order valence-electron chi connectivity index (χ2n) is 5.02. The van der Waals surface area contributed by atoms with Crippen LogP contribution in [0.2, 0.25) is 0 Å². The Bertz CT molecular complexity index is 403. The van der Waals surface area contributed by atoms with Crippen LogP contribution in [-0.2, 0) is 4.74 Å². The van der Waals surface area contributed by atoms with Gasteiger partial charge in [-0.1, -0.05) is 6.07 Å². The van der Waals surface area contributed by atoms with Gasteiger partial charge in [-0.05, 0) is 43.9 Å². The maximum atomic E-state index is 13.7. The third kappa shape index (κ3) is 3.91. The van der Waals surface area contributed by atoms with Crippen molar-refractivity contribution in [2.24, 2.45) is 0 Å². The highest BCUT2D eigenvalue weighted by atomic mass is 19.1. The maximum Gasteiger partial charge on any atom is 0.165 e. The summed E-state index contributed by atoms with van der Waals surface area (Å²) in [6.07, 6.45) is 3.22. The Labute approximate surface area is 114 Å². The van der Waals surface area contributed by atoms with Crippen LogP contribution in [0, 0.1) is 5.82 Å². The molecule has 1 aromatic rings. The normalized spacial score (nSPS) is 21.7. The van der Waals surface area contributed by atoms with Gasteiger partial charge >= 0.3 is 0 Å². The van der Waals surface area contributed by atoms with Crippen molar-refractivity contribution < 1.29 is 13.9 Å². The highest BCUT2D eigenvalue weighted by Gasteiger charge is 2.16. The van der Waals surface area contributed by atoms with Crippen LogP contribution >= 0.6 is 0 Å². The fraction of sp³-hybridized carbons (Fsp3) is 0.600. The molecule has 1 aliphatic heterocycles. The molecule has 1 aliphatic rings. The fourth-order valence-electron chi connectivity index (χ4n) is 2.47. The van der Waals surface area contributed by atoms with Crippen molar-refractivity contribution in [3.05, 3.63) is 29.6 Å². The van der Waals surface area contributed by atoms with Crippen molar-refractivity contribution in [3.8, 4) is 5.75 Å². The van der Waals surface area contributed by atoms with E-state index in [4.69, 9.17) is 9.47 Å². The molecular weight excluding hydrogens is 245 g/mol. The molecule has 0 bridgehead atoms. The van der Waals surface area contributed by atoms with Crippen LogP contribution in [0.5, 0.6) is 5.75 Å². The van der Waals surface area contributed by atoms with Gasteiger partial charge in [-0.15, -0.1) is 0 Å². The zero-order valence-corrected chi connectivity index (χ0v) is 11.6. The number of benzene rings is 1. The average molecular weight is 267 g/mol. The maximum absolute atomic E-state index is 13.7. The minimum atomic E-state index is -0.308. The van der Waals surface area contributed by atoms with Crippen molar-refractivity contribution >= 4 is 0 Å². The van der Waals surface area contributed by atoms with Crippen LogP contribution in [0.4, 0.5) is 4.39 Å². The Morgan fingerprint density at radius 2 is 2.21 bits per heavy atom. The number of rotatable bonds is 4. The number of ether oxygens (including phenoxy) is 2. The van der Waals surface area contributed by atoms with Crippen molar-refractivity contribution in [1.82, 2.24) is 5.32 Å². The summed E-state index contributed by atoms with van der Waals surface area (Å²) in [6.45, 7) is 3.72. The molecule has 0 saturated carbocycles.